The molecule has 0 amide bonds. The Kier molecular flexibility index (Phi) is 1.34. The maximum atomic E-state index is 10.4. The average molecular weight is 149 g/mol. The number of imidazole rings is 1. The van der Waals surface area contributed by atoms with Gasteiger partial charge in [-0.1, -0.05) is 12.1 Å². The van der Waals surface area contributed by atoms with Crippen LogP contribution in [0.3, 0.4) is 0 Å². The van der Waals surface area contributed by atoms with Gasteiger partial charge >= 0.3 is 0 Å². The highest BCUT2D eigenvalue weighted by Crippen LogP contribution is 2.07. The van der Waals surface area contributed by atoms with E-state index < -0.39 is 0 Å². The molecule has 1 aromatic carbocycles. The van der Waals surface area contributed by atoms with Crippen molar-refractivity contribution in [3.8, 4) is 0 Å². The lowest BCUT2D eigenvalue weighted by Gasteiger charge is -2.01. The average Bonchev–Trinajstić information content (AvgIpc) is 2.47. The summed E-state index contributed by atoms with van der Waals surface area (Å²) in [6, 6.07) is 7.50. The summed E-state index contributed by atoms with van der Waals surface area (Å²) < 4.78 is 1.45. The summed E-state index contributed by atoms with van der Waals surface area (Å²) in [7, 11) is 0. The van der Waals surface area contributed by atoms with Gasteiger partial charge in [0.05, 0.1) is 5.52 Å². The summed E-state index contributed by atoms with van der Waals surface area (Å²) in [5.74, 6) is 0. The summed E-state index contributed by atoms with van der Waals surface area (Å²) >= 11 is 0. The molecule has 2 N–H and O–H groups in total. The summed E-state index contributed by atoms with van der Waals surface area (Å²) in [4.78, 5) is 4.02. The van der Waals surface area contributed by atoms with Gasteiger partial charge in [-0.05, 0) is 12.1 Å². The van der Waals surface area contributed by atoms with Crippen molar-refractivity contribution in [2.45, 2.75) is 0 Å². The van der Waals surface area contributed by atoms with E-state index in [-0.39, 0.29) is 0 Å². The Bertz CT molecular complexity index is 368. The topological polar surface area (TPSA) is 57.5 Å². The zero-order chi connectivity index (χ0) is 7.68. The first kappa shape index (κ1) is 6.33. The predicted octanol–water partition coefficient (Wildman–Crippen LogP) is -0.139. The summed E-state index contributed by atoms with van der Waals surface area (Å²) in [6.45, 7) is 0. The number of nitrogens with two attached hydrogens (primary N) is 1. The maximum Gasteiger partial charge on any atom is 0.147 e. The Morgan fingerprint density at radius 1 is 1.36 bits per heavy atom. The Hall–Kier alpha value is -1.39. The van der Waals surface area contributed by atoms with Crippen molar-refractivity contribution in [2.75, 3.05) is 0 Å². The van der Waals surface area contributed by atoms with Crippen molar-refractivity contribution >= 4 is 11.0 Å². The molecule has 1 heterocycles. The maximum absolute atomic E-state index is 10.4. The third-order valence-electron chi connectivity index (χ3n) is 1.59. The van der Waals surface area contributed by atoms with E-state index in [1.807, 2.05) is 24.3 Å². The van der Waals surface area contributed by atoms with E-state index in [1.165, 1.54) is 11.0 Å². The molecule has 56 valence electrons. The van der Waals surface area contributed by atoms with Crippen LogP contribution in [0.1, 0.15) is 0 Å². The van der Waals surface area contributed by atoms with Crippen LogP contribution in [-0.2, 0) is 0 Å². The zero-order valence-electron chi connectivity index (χ0n) is 5.77. The number of aromatic nitrogens is 2. The number of hydrogen-bond donors (Lipinski definition) is 1. The Balaban J connectivity index is 2.76. The first-order chi connectivity index (χ1) is 5.42. The molecule has 2 aromatic rings. The van der Waals surface area contributed by atoms with Crippen molar-refractivity contribution in [2.24, 2.45) is 0 Å². The van der Waals surface area contributed by atoms with Gasteiger partial charge in [-0.2, -0.15) is 4.68 Å². The minimum Gasteiger partial charge on any atom is -0.609 e. The van der Waals surface area contributed by atoms with Crippen molar-refractivity contribution in [3.63, 3.8) is 0 Å². The smallest absolute Gasteiger partial charge is 0.147 e. The molecule has 4 heteroatoms. The minimum absolute atomic E-state index is 0.745. The van der Waals surface area contributed by atoms with Crippen molar-refractivity contribution in [1.82, 2.24) is 9.66 Å². The molecule has 11 heavy (non-hydrogen) atoms. The summed E-state index contributed by atoms with van der Waals surface area (Å²) in [6.07, 6.45) is 1.51. The minimum atomic E-state index is 0.745. The Morgan fingerprint density at radius 2 is 2.18 bits per heavy atom. The molecule has 0 unspecified atom stereocenters. The van der Waals surface area contributed by atoms with Gasteiger partial charge in [0.25, 0.3) is 0 Å². The predicted molar refractivity (Wildman–Crippen MR) is 40.4 cm³/mol. The highest BCUT2D eigenvalue weighted by atomic mass is 16.5. The van der Waals surface area contributed by atoms with Crippen molar-refractivity contribution in [1.29, 1.82) is 0 Å². The monoisotopic (exact) mass is 149 g/mol. The second kappa shape index (κ2) is 2.34. The number of hydrogen-bond acceptors (Lipinski definition) is 2. The lowest BCUT2D eigenvalue weighted by Crippen LogP contribution is -2.80. The largest absolute Gasteiger partial charge is 0.609 e. The van der Waals surface area contributed by atoms with Gasteiger partial charge in [0.1, 0.15) is 11.8 Å². The molecule has 2 rings (SSSR count). The van der Waals surface area contributed by atoms with Crippen LogP contribution in [0.5, 0.6) is 0 Å². The second-order valence-electron chi connectivity index (χ2n) is 2.25. The molecule has 0 aliphatic carbocycles. The second-order valence-corrected chi connectivity index (χ2v) is 2.25. The molecular weight excluding hydrogens is 142 g/mol. The van der Waals surface area contributed by atoms with E-state index in [0.717, 1.165) is 16.6 Å². The molecule has 0 fully saturated rings. The highest BCUT2D eigenvalue weighted by Gasteiger charge is 1.98. The highest BCUT2D eigenvalue weighted by molar-refractivity contribution is 5.74. The Morgan fingerprint density at radius 3 is 3.00 bits per heavy atom. The van der Waals surface area contributed by atoms with Crippen LogP contribution in [0.25, 0.3) is 11.0 Å². The fraction of sp³-hybridized carbons (Fsp3) is 0. The van der Waals surface area contributed by atoms with Crippen LogP contribution in [0.4, 0.5) is 0 Å². The molecular formula is C7H7N3O. The van der Waals surface area contributed by atoms with Crippen LogP contribution < -0.4 is 5.59 Å². The van der Waals surface area contributed by atoms with Gasteiger partial charge in [0.15, 0.2) is 0 Å². The third-order valence-corrected chi connectivity index (χ3v) is 1.59. The van der Waals surface area contributed by atoms with Gasteiger partial charge in [-0.3, -0.25) is 5.59 Å². The van der Waals surface area contributed by atoms with Gasteiger partial charge in [-0.15, -0.1) is 0 Å². The summed E-state index contributed by atoms with van der Waals surface area (Å²) in [5.41, 5.74) is 2.44. The molecule has 0 spiro atoms. The van der Waals surface area contributed by atoms with Crippen LogP contribution >= 0.6 is 0 Å². The van der Waals surface area contributed by atoms with E-state index in [4.69, 9.17) is 0 Å². The Labute approximate surface area is 63.0 Å². The SMILES string of the molecule is [O-][NH2+]n1cnc2ccccc21. The molecule has 0 radical (unpaired) electrons. The van der Waals surface area contributed by atoms with Crippen LogP contribution in [0, 0.1) is 5.21 Å². The van der Waals surface area contributed by atoms with Gasteiger partial charge in [-0.25, -0.2) is 4.98 Å². The lowest BCUT2D eigenvalue weighted by atomic mass is 10.3. The number of benzene rings is 1. The number of nitrogens with zero attached hydrogens (tertiary/aromatic N) is 2. The quantitative estimate of drug-likeness (QED) is 0.453. The standard InChI is InChI=1S/C7H7N3O/c11-9-10-5-8-6-3-1-2-4-7(6)10/h1-5H,9H2. The van der Waals surface area contributed by atoms with Crippen molar-refractivity contribution < 1.29 is 5.59 Å². The van der Waals surface area contributed by atoms with Crippen LogP contribution in [0.15, 0.2) is 30.6 Å². The zero-order valence-corrected chi connectivity index (χ0v) is 5.77. The van der Waals surface area contributed by atoms with Gasteiger partial charge < -0.3 is 5.21 Å². The molecule has 0 saturated carbocycles. The first-order valence-electron chi connectivity index (χ1n) is 3.28. The summed E-state index contributed by atoms with van der Waals surface area (Å²) in [5, 5.41) is 10.4. The van der Waals surface area contributed by atoms with Crippen LogP contribution in [0.2, 0.25) is 0 Å². The van der Waals surface area contributed by atoms with E-state index >= 15 is 0 Å². The normalized spacial score (nSPS) is 10.6. The molecule has 0 bridgehead atoms. The molecule has 4 nitrogen and oxygen atoms in total. The van der Waals surface area contributed by atoms with E-state index in [1.54, 1.807) is 0 Å². The van der Waals surface area contributed by atoms with E-state index in [0.29, 0.717) is 0 Å². The van der Waals surface area contributed by atoms with Gasteiger partial charge in [0, 0.05) is 0 Å². The van der Waals surface area contributed by atoms with Crippen LogP contribution in [-0.4, -0.2) is 9.66 Å². The third kappa shape index (κ3) is 0.886. The van der Waals surface area contributed by atoms with Gasteiger partial charge in [0.2, 0.25) is 0 Å². The number of para-hydroxylation sites is 2. The van der Waals surface area contributed by atoms with Crippen molar-refractivity contribution in [3.05, 3.63) is 35.8 Å². The molecule has 0 aliphatic rings. The molecule has 1 aromatic heterocycles. The number of quaternary nitrogens is 1. The fourth-order valence-electron chi connectivity index (χ4n) is 1.06. The first-order valence-corrected chi connectivity index (χ1v) is 3.28. The molecule has 0 saturated heterocycles. The fourth-order valence-corrected chi connectivity index (χ4v) is 1.06. The molecule has 0 aliphatic heterocycles. The number of rotatable bonds is 1. The van der Waals surface area contributed by atoms with E-state index in [9.17, 15) is 5.21 Å². The number of fused-ring (bicyclic) bond motifs is 1. The lowest BCUT2D eigenvalue weighted by molar-refractivity contribution is -0.644. The van der Waals surface area contributed by atoms with E-state index in [2.05, 4.69) is 4.98 Å². The molecule has 0 atom stereocenters.